The van der Waals surface area contributed by atoms with Gasteiger partial charge in [0, 0.05) is 25.3 Å². The zero-order valence-electron chi connectivity index (χ0n) is 19.0. The van der Waals surface area contributed by atoms with E-state index in [4.69, 9.17) is 11.6 Å². The monoisotopic (exact) mass is 510 g/mol. The van der Waals surface area contributed by atoms with E-state index < -0.39 is 23.3 Å². The summed E-state index contributed by atoms with van der Waals surface area (Å²) in [5.74, 6) is 0.105. The first-order valence-electron chi connectivity index (χ1n) is 12.2. The van der Waals surface area contributed by atoms with Gasteiger partial charge in [-0.3, -0.25) is 14.0 Å². The van der Waals surface area contributed by atoms with Crippen LogP contribution in [-0.2, 0) is 11.0 Å². The predicted molar refractivity (Wildman–Crippen MR) is 120 cm³/mol. The number of halogens is 4. The number of fused-ring (bicyclic) bond motifs is 2. The number of hydrogen-bond donors (Lipinski definition) is 1. The average Bonchev–Trinajstić information content (AvgIpc) is 3.38. The lowest BCUT2D eigenvalue weighted by atomic mass is 10.0. The maximum absolute atomic E-state index is 13.8. The largest absolute Gasteiger partial charge is 0.419 e. The molecule has 1 N–H and O–H groups in total. The number of alkyl halides is 3. The van der Waals surface area contributed by atoms with Crippen LogP contribution in [0.15, 0.2) is 12.3 Å². The second-order valence-corrected chi connectivity index (χ2v) is 10.8. The Morgan fingerprint density at radius 1 is 1.11 bits per heavy atom. The van der Waals surface area contributed by atoms with E-state index >= 15 is 0 Å². The van der Waals surface area contributed by atoms with Gasteiger partial charge in [0.05, 0.1) is 11.7 Å². The predicted octanol–water partition coefficient (Wildman–Crippen LogP) is 3.72. The molecule has 6 rings (SSSR count). The first kappa shape index (κ1) is 23.1. The number of nitrogens with zero attached hydrogens (tertiary/aromatic N) is 4. The van der Waals surface area contributed by atoms with Gasteiger partial charge in [-0.25, -0.2) is 4.98 Å². The van der Waals surface area contributed by atoms with Gasteiger partial charge in [0.25, 0.3) is 5.91 Å². The summed E-state index contributed by atoms with van der Waals surface area (Å²) >= 11 is 6.40. The third-order valence-electron chi connectivity index (χ3n) is 8.19. The first-order valence-corrected chi connectivity index (χ1v) is 12.5. The molecule has 0 spiro atoms. The molecule has 2 amide bonds. The molecular weight excluding hydrogens is 485 g/mol. The Morgan fingerprint density at radius 2 is 1.80 bits per heavy atom. The molecule has 2 aromatic heterocycles. The van der Waals surface area contributed by atoms with Crippen molar-refractivity contribution in [3.63, 3.8) is 0 Å². The van der Waals surface area contributed by atoms with Crippen molar-refractivity contribution in [1.82, 2.24) is 19.2 Å². The minimum Gasteiger partial charge on any atom is -0.393 e. The van der Waals surface area contributed by atoms with Crippen molar-refractivity contribution >= 4 is 29.1 Å². The van der Waals surface area contributed by atoms with E-state index in [0.29, 0.717) is 23.9 Å². The molecule has 0 aromatic carbocycles. The maximum atomic E-state index is 13.8. The van der Waals surface area contributed by atoms with E-state index in [-0.39, 0.29) is 47.9 Å². The molecule has 0 bridgehead atoms. The molecule has 2 aromatic rings. The molecule has 3 heterocycles. The highest BCUT2D eigenvalue weighted by Gasteiger charge is 2.45. The van der Waals surface area contributed by atoms with E-state index in [1.54, 1.807) is 0 Å². The number of aliphatic hydroxyl groups excluding tert-OH is 1. The normalized spacial score (nSPS) is 29.3. The fourth-order valence-corrected chi connectivity index (χ4v) is 6.58. The van der Waals surface area contributed by atoms with E-state index in [9.17, 15) is 27.9 Å². The second kappa shape index (κ2) is 8.09. The van der Waals surface area contributed by atoms with Crippen LogP contribution in [0.2, 0.25) is 5.15 Å². The molecule has 3 saturated carbocycles. The number of rotatable bonds is 3. The van der Waals surface area contributed by atoms with Crippen molar-refractivity contribution in [2.75, 3.05) is 19.6 Å². The highest BCUT2D eigenvalue weighted by atomic mass is 35.5. The van der Waals surface area contributed by atoms with Crippen LogP contribution < -0.4 is 0 Å². The Morgan fingerprint density at radius 3 is 2.40 bits per heavy atom. The van der Waals surface area contributed by atoms with Crippen molar-refractivity contribution in [1.29, 1.82) is 0 Å². The topological polar surface area (TPSA) is 78.2 Å². The van der Waals surface area contributed by atoms with Crippen LogP contribution in [0.1, 0.15) is 66.1 Å². The summed E-state index contributed by atoms with van der Waals surface area (Å²) in [6.07, 6.45) is 1.57. The third-order valence-corrected chi connectivity index (χ3v) is 8.55. The minimum atomic E-state index is -4.64. The first-order chi connectivity index (χ1) is 16.6. The summed E-state index contributed by atoms with van der Waals surface area (Å²) in [7, 11) is 0. The SMILES string of the molecule is O=C(c1nc2c(C(F)(F)F)cc(C3CC3)cn2c1Cl)N1CCN(C2CC3CC(O)C[C@@H]3C2)C(=O)C1. The number of carbonyl (C=O) groups excluding carboxylic acids is 2. The number of pyridine rings is 1. The molecule has 1 aliphatic heterocycles. The van der Waals surface area contributed by atoms with Crippen molar-refractivity contribution in [3.8, 4) is 0 Å². The number of amides is 2. The lowest BCUT2D eigenvalue weighted by molar-refractivity contribution is -0.138. The Balaban J connectivity index is 1.22. The molecule has 11 heteroatoms. The maximum Gasteiger partial charge on any atom is 0.419 e. The van der Waals surface area contributed by atoms with Crippen LogP contribution >= 0.6 is 11.6 Å². The number of aliphatic hydroxyl groups is 1. The van der Waals surface area contributed by atoms with Gasteiger partial charge in [-0.15, -0.1) is 0 Å². The van der Waals surface area contributed by atoms with Gasteiger partial charge < -0.3 is 14.9 Å². The minimum absolute atomic E-state index is 0.0576. The van der Waals surface area contributed by atoms with Gasteiger partial charge in [-0.05, 0) is 67.9 Å². The van der Waals surface area contributed by atoms with Gasteiger partial charge in [0.2, 0.25) is 5.91 Å². The molecule has 7 nitrogen and oxygen atoms in total. The van der Waals surface area contributed by atoms with Crippen LogP contribution in [0.25, 0.3) is 5.65 Å². The molecule has 35 heavy (non-hydrogen) atoms. The fraction of sp³-hybridized carbons (Fsp3) is 0.625. The lowest BCUT2D eigenvalue weighted by Crippen LogP contribution is -2.55. The number of imidazole rings is 1. The third kappa shape index (κ3) is 3.98. The zero-order valence-corrected chi connectivity index (χ0v) is 19.7. The van der Waals surface area contributed by atoms with Crippen molar-refractivity contribution in [3.05, 3.63) is 34.2 Å². The van der Waals surface area contributed by atoms with Gasteiger partial charge >= 0.3 is 6.18 Å². The van der Waals surface area contributed by atoms with E-state index in [1.807, 2.05) is 4.90 Å². The van der Waals surface area contributed by atoms with Crippen LogP contribution in [-0.4, -0.2) is 67.9 Å². The average molecular weight is 511 g/mol. The van der Waals surface area contributed by atoms with Gasteiger partial charge in [0.1, 0.15) is 11.7 Å². The van der Waals surface area contributed by atoms with Gasteiger partial charge in [-0.1, -0.05) is 11.6 Å². The zero-order chi connectivity index (χ0) is 24.6. The molecule has 188 valence electrons. The number of hydrogen-bond acceptors (Lipinski definition) is 4. The van der Waals surface area contributed by atoms with E-state index in [0.717, 1.165) is 49.0 Å². The molecule has 0 radical (unpaired) electrons. The van der Waals surface area contributed by atoms with Crippen LogP contribution in [0.3, 0.4) is 0 Å². The van der Waals surface area contributed by atoms with Crippen molar-refractivity contribution in [2.45, 2.75) is 62.8 Å². The smallest absolute Gasteiger partial charge is 0.393 e. The number of carbonyl (C=O) groups is 2. The highest BCUT2D eigenvalue weighted by Crippen LogP contribution is 2.46. The van der Waals surface area contributed by atoms with E-state index in [1.165, 1.54) is 11.1 Å². The molecular formula is C24H26ClF3N4O3. The molecule has 1 saturated heterocycles. The summed E-state index contributed by atoms with van der Waals surface area (Å²) in [5.41, 5.74) is -1.06. The van der Waals surface area contributed by atoms with Crippen molar-refractivity contribution in [2.24, 2.45) is 11.8 Å². The molecule has 4 aliphatic rings. The fourth-order valence-electron chi connectivity index (χ4n) is 6.33. The standard InChI is InChI=1S/C24H26ClF3N4O3/c25-21-20(29-22-18(24(26,27)28)9-15(10-32(21)22)12-1-2-12)23(35)30-3-4-31(19(34)11-30)16-5-13-7-17(33)8-14(13)6-16/h9-10,12-14,16-17,33H,1-8,11H2/t13-,14?,16?,17?/m0/s1. The number of aromatic nitrogens is 2. The Kier molecular flexibility index (Phi) is 5.34. The molecule has 4 atom stereocenters. The van der Waals surface area contributed by atoms with Gasteiger partial charge in [-0.2, -0.15) is 13.2 Å². The molecule has 3 unspecified atom stereocenters. The summed E-state index contributed by atoms with van der Waals surface area (Å²) in [5, 5.41) is 9.69. The van der Waals surface area contributed by atoms with E-state index in [2.05, 4.69) is 4.98 Å². The van der Waals surface area contributed by atoms with Gasteiger partial charge in [0.15, 0.2) is 11.3 Å². The van der Waals surface area contributed by atoms with Crippen LogP contribution in [0, 0.1) is 11.8 Å². The lowest BCUT2D eigenvalue weighted by Gasteiger charge is -2.38. The molecule has 3 aliphatic carbocycles. The quantitative estimate of drug-likeness (QED) is 0.683. The summed E-state index contributed by atoms with van der Waals surface area (Å²) in [4.78, 5) is 33.3. The summed E-state index contributed by atoms with van der Waals surface area (Å²) in [6, 6.07) is 1.21. The Bertz CT molecular complexity index is 1200. The second-order valence-electron chi connectivity index (χ2n) is 10.5. The van der Waals surface area contributed by atoms with Crippen LogP contribution in [0.4, 0.5) is 13.2 Å². The number of piperazine rings is 1. The van der Waals surface area contributed by atoms with Crippen molar-refractivity contribution < 1.29 is 27.9 Å². The highest BCUT2D eigenvalue weighted by molar-refractivity contribution is 6.33. The Hall–Kier alpha value is -2.33. The Labute approximate surface area is 204 Å². The molecule has 4 fully saturated rings. The van der Waals surface area contributed by atoms with Crippen LogP contribution in [0.5, 0.6) is 0 Å². The summed E-state index contributed by atoms with van der Waals surface area (Å²) < 4.78 is 42.5. The summed E-state index contributed by atoms with van der Waals surface area (Å²) in [6.45, 7) is 0.474.